The van der Waals surface area contributed by atoms with Gasteiger partial charge in [-0.1, -0.05) is 65.9 Å². The largest absolute Gasteiger partial charge is 0.322 e. The Morgan fingerprint density at radius 1 is 1.03 bits per heavy atom. The van der Waals surface area contributed by atoms with E-state index < -0.39 is 6.04 Å². The SMILES string of the molecule is CC1=C(C(=O)Nc2ccccc2)C(c2ccccc2)n2c(s/c(=C\c3cccs3)c2=O)=N1. The number of benzene rings is 2. The zero-order chi connectivity index (χ0) is 22.1. The Hall–Kier alpha value is -3.55. The number of anilines is 1. The van der Waals surface area contributed by atoms with Crippen molar-refractivity contribution in [1.82, 2.24) is 4.57 Å². The number of nitrogens with one attached hydrogen (secondary N) is 1. The van der Waals surface area contributed by atoms with Crippen molar-refractivity contribution in [2.24, 2.45) is 4.99 Å². The normalized spacial score (nSPS) is 15.9. The zero-order valence-electron chi connectivity index (χ0n) is 17.2. The molecule has 3 heterocycles. The third kappa shape index (κ3) is 3.77. The summed E-state index contributed by atoms with van der Waals surface area (Å²) in [4.78, 5) is 33.1. The first-order valence-electron chi connectivity index (χ1n) is 10.1. The van der Waals surface area contributed by atoms with Crippen LogP contribution in [0.5, 0.6) is 0 Å². The summed E-state index contributed by atoms with van der Waals surface area (Å²) in [6.07, 6.45) is 1.89. The fraction of sp³-hybridized carbons (Fsp3) is 0.0800. The first kappa shape index (κ1) is 20.4. The number of fused-ring (bicyclic) bond motifs is 1. The van der Waals surface area contributed by atoms with Crippen LogP contribution in [0.1, 0.15) is 23.4 Å². The molecule has 1 amide bonds. The van der Waals surface area contributed by atoms with Crippen molar-refractivity contribution >= 4 is 40.3 Å². The maximum atomic E-state index is 13.5. The predicted molar refractivity (Wildman–Crippen MR) is 130 cm³/mol. The number of hydrogen-bond acceptors (Lipinski definition) is 5. The highest BCUT2D eigenvalue weighted by molar-refractivity contribution is 7.11. The van der Waals surface area contributed by atoms with Gasteiger partial charge in [-0.2, -0.15) is 0 Å². The van der Waals surface area contributed by atoms with Crippen molar-refractivity contribution in [3.05, 3.63) is 120 Å². The van der Waals surface area contributed by atoms with Crippen LogP contribution < -0.4 is 20.2 Å². The fourth-order valence-electron chi connectivity index (χ4n) is 3.79. The summed E-state index contributed by atoms with van der Waals surface area (Å²) in [6.45, 7) is 1.83. The van der Waals surface area contributed by atoms with Gasteiger partial charge in [0.05, 0.1) is 21.8 Å². The molecule has 0 bridgehead atoms. The molecule has 32 heavy (non-hydrogen) atoms. The van der Waals surface area contributed by atoms with Crippen molar-refractivity contribution in [3.8, 4) is 0 Å². The average Bonchev–Trinajstić information content (AvgIpc) is 3.42. The Balaban J connectivity index is 1.68. The summed E-state index contributed by atoms with van der Waals surface area (Å²) in [7, 11) is 0. The van der Waals surface area contributed by atoms with E-state index in [2.05, 4.69) is 10.3 Å². The van der Waals surface area contributed by atoms with E-state index in [-0.39, 0.29) is 11.5 Å². The maximum Gasteiger partial charge on any atom is 0.271 e. The van der Waals surface area contributed by atoms with Crippen LogP contribution in [0, 0.1) is 0 Å². The lowest BCUT2D eigenvalue weighted by atomic mass is 9.95. The van der Waals surface area contributed by atoms with Gasteiger partial charge in [0, 0.05) is 10.6 Å². The van der Waals surface area contributed by atoms with Gasteiger partial charge in [0.15, 0.2) is 4.80 Å². The van der Waals surface area contributed by atoms with Gasteiger partial charge in [-0.25, -0.2) is 4.99 Å². The molecule has 0 spiro atoms. The molecule has 1 aliphatic rings. The molecule has 7 heteroatoms. The molecule has 0 saturated heterocycles. The molecule has 2 aromatic carbocycles. The summed E-state index contributed by atoms with van der Waals surface area (Å²) in [5.41, 5.74) is 2.49. The van der Waals surface area contributed by atoms with Crippen LogP contribution in [0.3, 0.4) is 0 Å². The molecular formula is C25H19N3O2S2. The number of para-hydroxylation sites is 1. The maximum absolute atomic E-state index is 13.5. The molecule has 4 aromatic rings. The molecule has 1 N–H and O–H groups in total. The number of thiazole rings is 1. The molecule has 2 aromatic heterocycles. The van der Waals surface area contributed by atoms with Crippen LogP contribution in [0.2, 0.25) is 0 Å². The predicted octanol–water partition coefficient (Wildman–Crippen LogP) is 3.94. The molecule has 0 saturated carbocycles. The van der Waals surface area contributed by atoms with Gasteiger partial charge in [-0.15, -0.1) is 11.3 Å². The summed E-state index contributed by atoms with van der Waals surface area (Å²) >= 11 is 2.92. The summed E-state index contributed by atoms with van der Waals surface area (Å²) < 4.78 is 2.25. The average molecular weight is 458 g/mol. The quantitative estimate of drug-likeness (QED) is 0.505. The third-order valence-electron chi connectivity index (χ3n) is 5.23. The van der Waals surface area contributed by atoms with Crippen LogP contribution in [0.15, 0.2) is 99.2 Å². The summed E-state index contributed by atoms with van der Waals surface area (Å²) in [5, 5.41) is 4.94. The highest BCUT2D eigenvalue weighted by atomic mass is 32.1. The van der Waals surface area contributed by atoms with Gasteiger partial charge < -0.3 is 5.32 Å². The second-order valence-electron chi connectivity index (χ2n) is 7.33. The molecule has 1 atom stereocenters. The van der Waals surface area contributed by atoms with E-state index in [1.165, 1.54) is 11.3 Å². The van der Waals surface area contributed by atoms with E-state index in [1.54, 1.807) is 15.9 Å². The molecular weight excluding hydrogens is 438 g/mol. The number of allylic oxidation sites excluding steroid dienone is 1. The van der Waals surface area contributed by atoms with E-state index in [4.69, 9.17) is 0 Å². The topological polar surface area (TPSA) is 63.5 Å². The Morgan fingerprint density at radius 3 is 2.44 bits per heavy atom. The molecule has 5 nitrogen and oxygen atoms in total. The van der Waals surface area contributed by atoms with E-state index in [1.807, 2.05) is 91.2 Å². The first-order chi connectivity index (χ1) is 15.6. The molecule has 5 rings (SSSR count). The molecule has 1 aliphatic heterocycles. The molecule has 0 aliphatic carbocycles. The Kier molecular flexibility index (Phi) is 5.43. The van der Waals surface area contributed by atoms with E-state index in [0.29, 0.717) is 26.3 Å². The standard InChI is InChI=1S/C25H19N3O2S2/c1-16-21(23(29)27-18-11-6-3-7-12-18)22(17-9-4-2-5-10-17)28-24(30)20(32-25(28)26-16)15-19-13-8-14-31-19/h2-15,22H,1H3,(H,27,29)/b20-15-. The van der Waals surface area contributed by atoms with E-state index in [9.17, 15) is 9.59 Å². The highest BCUT2D eigenvalue weighted by Crippen LogP contribution is 2.30. The van der Waals surface area contributed by atoms with E-state index in [0.717, 1.165) is 10.4 Å². The van der Waals surface area contributed by atoms with Crippen molar-refractivity contribution in [2.75, 3.05) is 5.32 Å². The number of aromatic nitrogens is 1. The van der Waals surface area contributed by atoms with Crippen LogP contribution in [-0.2, 0) is 4.79 Å². The smallest absolute Gasteiger partial charge is 0.271 e. The number of amides is 1. The van der Waals surface area contributed by atoms with Gasteiger partial charge >= 0.3 is 0 Å². The minimum Gasteiger partial charge on any atom is -0.322 e. The van der Waals surface area contributed by atoms with Crippen molar-refractivity contribution in [3.63, 3.8) is 0 Å². The molecule has 1 unspecified atom stereocenters. The minimum atomic E-state index is -0.554. The van der Waals surface area contributed by atoms with E-state index >= 15 is 0 Å². The fourth-order valence-corrected chi connectivity index (χ4v) is 5.55. The van der Waals surface area contributed by atoms with Gasteiger partial charge in [-0.05, 0) is 42.1 Å². The Bertz CT molecular complexity index is 1480. The minimum absolute atomic E-state index is 0.145. The Labute approximate surface area is 192 Å². The Morgan fingerprint density at radius 2 is 1.75 bits per heavy atom. The van der Waals surface area contributed by atoms with Gasteiger partial charge in [0.1, 0.15) is 0 Å². The third-order valence-corrected chi connectivity index (χ3v) is 7.03. The van der Waals surface area contributed by atoms with Gasteiger partial charge in [-0.3, -0.25) is 14.2 Å². The summed E-state index contributed by atoms with van der Waals surface area (Å²) in [5.74, 6) is -0.265. The molecule has 0 fully saturated rings. The lowest BCUT2D eigenvalue weighted by Crippen LogP contribution is -2.40. The number of carbonyl (C=O) groups is 1. The lowest BCUT2D eigenvalue weighted by Gasteiger charge is -2.25. The number of carbonyl (C=O) groups excluding carboxylic acids is 1. The zero-order valence-corrected chi connectivity index (χ0v) is 18.8. The van der Waals surface area contributed by atoms with Crippen LogP contribution in [0.25, 0.3) is 6.08 Å². The molecule has 0 radical (unpaired) electrons. The van der Waals surface area contributed by atoms with Crippen LogP contribution in [0.4, 0.5) is 5.69 Å². The first-order valence-corrected chi connectivity index (χ1v) is 11.8. The lowest BCUT2D eigenvalue weighted by molar-refractivity contribution is -0.113. The monoisotopic (exact) mass is 457 g/mol. The van der Waals surface area contributed by atoms with Crippen molar-refractivity contribution in [1.29, 1.82) is 0 Å². The van der Waals surface area contributed by atoms with Crippen molar-refractivity contribution in [2.45, 2.75) is 13.0 Å². The number of nitrogens with zero attached hydrogens (tertiary/aromatic N) is 2. The second kappa shape index (κ2) is 8.53. The van der Waals surface area contributed by atoms with Gasteiger partial charge in [0.25, 0.3) is 11.5 Å². The summed E-state index contributed by atoms with van der Waals surface area (Å²) in [6, 6.07) is 22.3. The number of thiophene rings is 1. The number of rotatable bonds is 4. The van der Waals surface area contributed by atoms with Gasteiger partial charge in [0.2, 0.25) is 0 Å². The second-order valence-corrected chi connectivity index (χ2v) is 9.32. The van der Waals surface area contributed by atoms with Crippen LogP contribution >= 0.6 is 22.7 Å². The van der Waals surface area contributed by atoms with Crippen LogP contribution in [-0.4, -0.2) is 10.5 Å². The number of hydrogen-bond donors (Lipinski definition) is 1. The molecule has 158 valence electrons. The highest BCUT2D eigenvalue weighted by Gasteiger charge is 2.32. The van der Waals surface area contributed by atoms with Crippen molar-refractivity contribution < 1.29 is 4.79 Å².